The van der Waals surface area contributed by atoms with Crippen LogP contribution >= 0.6 is 0 Å². The fraction of sp³-hybridized carbons (Fsp3) is 0.263. The highest BCUT2D eigenvalue weighted by molar-refractivity contribution is 5.97. The van der Waals surface area contributed by atoms with E-state index < -0.39 is 0 Å². The summed E-state index contributed by atoms with van der Waals surface area (Å²) in [4.78, 5) is 23.9. The number of benzene rings is 2. The van der Waals surface area contributed by atoms with E-state index in [1.165, 1.54) is 0 Å². The SMILES string of the molecule is O=C(CCc1ccccc1)NCC1CNC(=O)c2ccccc21. The minimum absolute atomic E-state index is 0.0349. The molecular formula is C19H20N2O2. The van der Waals surface area contributed by atoms with Crippen molar-refractivity contribution in [2.24, 2.45) is 0 Å². The van der Waals surface area contributed by atoms with Crippen LogP contribution in [0.5, 0.6) is 0 Å². The van der Waals surface area contributed by atoms with Crippen LogP contribution < -0.4 is 10.6 Å². The molecule has 2 aromatic rings. The van der Waals surface area contributed by atoms with Gasteiger partial charge in [-0.1, -0.05) is 48.5 Å². The summed E-state index contributed by atoms with van der Waals surface area (Å²) in [5, 5.41) is 5.87. The molecule has 0 bridgehead atoms. The number of carbonyl (C=O) groups is 2. The van der Waals surface area contributed by atoms with Crippen LogP contribution in [0.15, 0.2) is 54.6 Å². The maximum Gasteiger partial charge on any atom is 0.251 e. The molecule has 0 fully saturated rings. The number of amides is 2. The lowest BCUT2D eigenvalue weighted by Crippen LogP contribution is -2.40. The molecule has 4 nitrogen and oxygen atoms in total. The summed E-state index contributed by atoms with van der Waals surface area (Å²) in [5.74, 6) is 0.139. The highest BCUT2D eigenvalue weighted by Gasteiger charge is 2.24. The van der Waals surface area contributed by atoms with Crippen LogP contribution in [-0.2, 0) is 11.2 Å². The van der Waals surface area contributed by atoms with E-state index in [2.05, 4.69) is 10.6 Å². The fourth-order valence-corrected chi connectivity index (χ4v) is 2.89. The predicted octanol–water partition coefficient (Wildman–Crippen LogP) is 2.26. The zero-order valence-electron chi connectivity index (χ0n) is 12.9. The summed E-state index contributed by atoms with van der Waals surface area (Å²) in [6.45, 7) is 1.11. The number of nitrogens with one attached hydrogen (secondary N) is 2. The van der Waals surface area contributed by atoms with Crippen molar-refractivity contribution in [1.82, 2.24) is 10.6 Å². The Morgan fingerprint density at radius 1 is 1.09 bits per heavy atom. The second-order valence-corrected chi connectivity index (χ2v) is 5.78. The van der Waals surface area contributed by atoms with Crippen LogP contribution in [0.3, 0.4) is 0 Å². The molecule has 0 aliphatic carbocycles. The van der Waals surface area contributed by atoms with Crippen LogP contribution in [0, 0.1) is 0 Å². The molecule has 1 atom stereocenters. The van der Waals surface area contributed by atoms with Gasteiger partial charge in [-0.25, -0.2) is 0 Å². The lowest BCUT2D eigenvalue weighted by atomic mass is 9.90. The number of aryl methyl sites for hydroxylation is 1. The summed E-state index contributed by atoms with van der Waals surface area (Å²) in [6, 6.07) is 17.6. The highest BCUT2D eigenvalue weighted by Crippen LogP contribution is 2.23. The van der Waals surface area contributed by atoms with Crippen LogP contribution in [0.1, 0.15) is 33.8 Å². The summed E-state index contributed by atoms with van der Waals surface area (Å²) >= 11 is 0. The number of rotatable bonds is 5. The van der Waals surface area contributed by atoms with Gasteiger partial charge in [0.25, 0.3) is 5.91 Å². The van der Waals surface area contributed by atoms with E-state index in [1.54, 1.807) is 0 Å². The lowest BCUT2D eigenvalue weighted by molar-refractivity contribution is -0.121. The lowest BCUT2D eigenvalue weighted by Gasteiger charge is -2.25. The van der Waals surface area contributed by atoms with Gasteiger partial charge >= 0.3 is 0 Å². The number of hydrogen-bond donors (Lipinski definition) is 2. The molecule has 0 spiro atoms. The Kier molecular flexibility index (Phi) is 4.71. The second-order valence-electron chi connectivity index (χ2n) is 5.78. The van der Waals surface area contributed by atoms with Crippen molar-refractivity contribution < 1.29 is 9.59 Å². The first-order valence-electron chi connectivity index (χ1n) is 7.92. The Balaban J connectivity index is 1.53. The van der Waals surface area contributed by atoms with E-state index in [-0.39, 0.29) is 17.7 Å². The summed E-state index contributed by atoms with van der Waals surface area (Å²) in [6.07, 6.45) is 1.22. The molecule has 118 valence electrons. The largest absolute Gasteiger partial charge is 0.355 e. The standard InChI is InChI=1S/C19H20N2O2/c22-18(11-10-14-6-2-1-3-7-14)20-12-15-13-21-19(23)17-9-5-4-8-16(15)17/h1-9,15H,10-13H2,(H,20,22)(H,21,23). The third-order valence-corrected chi connectivity index (χ3v) is 4.18. The fourth-order valence-electron chi connectivity index (χ4n) is 2.89. The quantitative estimate of drug-likeness (QED) is 0.890. The third-order valence-electron chi connectivity index (χ3n) is 4.18. The monoisotopic (exact) mass is 308 g/mol. The number of fused-ring (bicyclic) bond motifs is 1. The average molecular weight is 308 g/mol. The molecule has 1 aliphatic rings. The van der Waals surface area contributed by atoms with Crippen molar-refractivity contribution in [3.8, 4) is 0 Å². The van der Waals surface area contributed by atoms with Crippen molar-refractivity contribution in [2.75, 3.05) is 13.1 Å². The molecule has 0 radical (unpaired) electrons. The maximum absolute atomic E-state index is 12.0. The van der Waals surface area contributed by atoms with Gasteiger partial charge in [0.1, 0.15) is 0 Å². The molecule has 1 aliphatic heterocycles. The van der Waals surface area contributed by atoms with Gasteiger partial charge in [0, 0.05) is 31.0 Å². The summed E-state index contributed by atoms with van der Waals surface area (Å²) < 4.78 is 0. The Bertz CT molecular complexity index is 698. The summed E-state index contributed by atoms with van der Waals surface area (Å²) in [7, 11) is 0. The average Bonchev–Trinajstić information content (AvgIpc) is 2.60. The minimum atomic E-state index is -0.0349. The van der Waals surface area contributed by atoms with E-state index in [1.807, 2.05) is 54.6 Å². The zero-order valence-corrected chi connectivity index (χ0v) is 12.9. The van der Waals surface area contributed by atoms with Gasteiger partial charge in [0.2, 0.25) is 5.91 Å². The molecule has 3 rings (SSSR count). The normalized spacial score (nSPS) is 16.3. The molecule has 4 heteroatoms. The topological polar surface area (TPSA) is 58.2 Å². The van der Waals surface area contributed by atoms with Gasteiger partial charge in [-0.05, 0) is 23.6 Å². The van der Waals surface area contributed by atoms with Gasteiger partial charge in [-0.15, -0.1) is 0 Å². The molecule has 0 saturated carbocycles. The smallest absolute Gasteiger partial charge is 0.251 e. The third kappa shape index (κ3) is 3.77. The van der Waals surface area contributed by atoms with E-state index in [4.69, 9.17) is 0 Å². The molecule has 23 heavy (non-hydrogen) atoms. The first-order valence-corrected chi connectivity index (χ1v) is 7.92. The van der Waals surface area contributed by atoms with E-state index in [9.17, 15) is 9.59 Å². The molecule has 1 heterocycles. The highest BCUT2D eigenvalue weighted by atomic mass is 16.2. The first-order chi connectivity index (χ1) is 11.2. The second kappa shape index (κ2) is 7.09. The van der Waals surface area contributed by atoms with Crippen molar-refractivity contribution in [3.63, 3.8) is 0 Å². The van der Waals surface area contributed by atoms with Gasteiger partial charge in [0.15, 0.2) is 0 Å². The number of carbonyl (C=O) groups excluding carboxylic acids is 2. The van der Waals surface area contributed by atoms with Crippen molar-refractivity contribution in [2.45, 2.75) is 18.8 Å². The van der Waals surface area contributed by atoms with E-state index >= 15 is 0 Å². The molecule has 1 unspecified atom stereocenters. The van der Waals surface area contributed by atoms with E-state index in [0.29, 0.717) is 25.1 Å². The van der Waals surface area contributed by atoms with E-state index in [0.717, 1.165) is 17.5 Å². The predicted molar refractivity (Wildman–Crippen MR) is 89.3 cm³/mol. The van der Waals surface area contributed by atoms with Crippen LogP contribution in [0.4, 0.5) is 0 Å². The molecule has 0 aromatic heterocycles. The van der Waals surface area contributed by atoms with Gasteiger partial charge < -0.3 is 10.6 Å². The van der Waals surface area contributed by atoms with Crippen molar-refractivity contribution >= 4 is 11.8 Å². The van der Waals surface area contributed by atoms with Crippen LogP contribution in [-0.4, -0.2) is 24.9 Å². The molecule has 2 N–H and O–H groups in total. The van der Waals surface area contributed by atoms with Crippen LogP contribution in [0.25, 0.3) is 0 Å². The molecular weight excluding hydrogens is 288 g/mol. The molecule has 2 aromatic carbocycles. The molecule has 0 saturated heterocycles. The molecule has 2 amide bonds. The van der Waals surface area contributed by atoms with Crippen molar-refractivity contribution in [1.29, 1.82) is 0 Å². The Morgan fingerprint density at radius 2 is 1.83 bits per heavy atom. The van der Waals surface area contributed by atoms with Gasteiger partial charge in [0.05, 0.1) is 0 Å². The maximum atomic E-state index is 12.0. The Labute approximate surface area is 135 Å². The number of hydrogen-bond acceptors (Lipinski definition) is 2. The van der Waals surface area contributed by atoms with Gasteiger partial charge in [-0.3, -0.25) is 9.59 Å². The Morgan fingerprint density at radius 3 is 2.65 bits per heavy atom. The van der Waals surface area contributed by atoms with Crippen LogP contribution in [0.2, 0.25) is 0 Å². The first kappa shape index (κ1) is 15.3. The van der Waals surface area contributed by atoms with Gasteiger partial charge in [-0.2, -0.15) is 0 Å². The minimum Gasteiger partial charge on any atom is -0.355 e. The summed E-state index contributed by atoms with van der Waals surface area (Å²) in [5.41, 5.74) is 2.89. The van der Waals surface area contributed by atoms with Crippen molar-refractivity contribution in [3.05, 3.63) is 71.3 Å². The zero-order chi connectivity index (χ0) is 16.1. The Hall–Kier alpha value is -2.62.